The minimum atomic E-state index is -0.680. The highest BCUT2D eigenvalue weighted by Gasteiger charge is 2.21. The van der Waals surface area contributed by atoms with Crippen molar-refractivity contribution in [2.24, 2.45) is 0 Å². The molecule has 1 rings (SSSR count). The van der Waals surface area contributed by atoms with E-state index in [0.717, 1.165) is 6.07 Å². The van der Waals surface area contributed by atoms with Crippen molar-refractivity contribution in [1.82, 2.24) is 0 Å². The van der Waals surface area contributed by atoms with Gasteiger partial charge in [-0.05, 0) is 25.0 Å². The number of carbonyl (C=O) groups excluding carboxylic acids is 1. The molecular formula is C12H12N2O4. The number of nitro groups is 1. The summed E-state index contributed by atoms with van der Waals surface area (Å²) < 4.78 is 4.83. The molecule has 0 atom stereocenters. The highest BCUT2D eigenvalue weighted by Crippen LogP contribution is 2.24. The number of benzene rings is 1. The molecule has 18 heavy (non-hydrogen) atoms. The largest absolute Gasteiger partial charge is 0.462 e. The number of nitro benzene ring substituents is 1. The van der Waals surface area contributed by atoms with E-state index in [9.17, 15) is 14.9 Å². The van der Waals surface area contributed by atoms with Crippen LogP contribution in [0, 0.1) is 21.4 Å². The number of hydrogen-bond donors (Lipinski definition) is 0. The fourth-order valence-corrected chi connectivity index (χ4v) is 1.57. The molecule has 0 radical (unpaired) electrons. The summed E-state index contributed by atoms with van der Waals surface area (Å²) in [6.45, 7) is 3.64. The summed E-state index contributed by atoms with van der Waals surface area (Å²) in [5.74, 6) is -0.609. The van der Waals surface area contributed by atoms with E-state index in [-0.39, 0.29) is 23.4 Å². The van der Waals surface area contributed by atoms with Crippen LogP contribution in [0.1, 0.15) is 35.3 Å². The molecule has 0 amide bonds. The van der Waals surface area contributed by atoms with Crippen molar-refractivity contribution < 1.29 is 14.5 Å². The monoisotopic (exact) mass is 248 g/mol. The average Bonchev–Trinajstić information content (AvgIpc) is 2.37. The molecule has 1 aromatic carbocycles. The minimum Gasteiger partial charge on any atom is -0.462 e. The Balaban J connectivity index is 3.42. The quantitative estimate of drug-likeness (QED) is 0.462. The summed E-state index contributed by atoms with van der Waals surface area (Å²) in [5.41, 5.74) is 0.281. The zero-order chi connectivity index (χ0) is 13.7. The van der Waals surface area contributed by atoms with Gasteiger partial charge < -0.3 is 4.74 Å². The van der Waals surface area contributed by atoms with E-state index in [1.807, 2.05) is 0 Å². The van der Waals surface area contributed by atoms with Gasteiger partial charge in [-0.25, -0.2) is 4.79 Å². The van der Waals surface area contributed by atoms with Gasteiger partial charge in [0.2, 0.25) is 0 Å². The fraction of sp³-hybridized carbons (Fsp3) is 0.333. The van der Waals surface area contributed by atoms with E-state index >= 15 is 0 Å². The third-order valence-corrected chi connectivity index (χ3v) is 2.41. The molecule has 0 heterocycles. The topological polar surface area (TPSA) is 93.2 Å². The Bertz CT molecular complexity index is 532. The Kier molecular flexibility index (Phi) is 4.38. The maximum Gasteiger partial charge on any atom is 0.338 e. The molecule has 1 aromatic rings. The van der Waals surface area contributed by atoms with Crippen LogP contribution in [0.3, 0.4) is 0 Å². The van der Waals surface area contributed by atoms with Crippen molar-refractivity contribution in [3.63, 3.8) is 0 Å². The van der Waals surface area contributed by atoms with Crippen LogP contribution in [0.4, 0.5) is 5.69 Å². The molecule has 0 spiro atoms. The fourth-order valence-electron chi connectivity index (χ4n) is 1.57. The minimum absolute atomic E-state index is 0.0510. The normalized spacial score (nSPS) is 9.61. The lowest BCUT2D eigenvalue weighted by atomic mass is 10.0. The Hall–Kier alpha value is -2.42. The number of esters is 1. The molecule has 0 aliphatic heterocycles. The van der Waals surface area contributed by atoms with Crippen molar-refractivity contribution in [1.29, 1.82) is 5.26 Å². The van der Waals surface area contributed by atoms with Crippen LogP contribution in [-0.2, 0) is 11.2 Å². The lowest BCUT2D eigenvalue weighted by Gasteiger charge is -2.07. The lowest BCUT2D eigenvalue weighted by Crippen LogP contribution is -2.09. The van der Waals surface area contributed by atoms with Gasteiger partial charge >= 0.3 is 5.97 Å². The standard InChI is InChI=1S/C12H12N2O4/c1-3-8-5-9(7-13)11(14(16)17)6-10(8)12(15)18-4-2/h5-6H,3-4H2,1-2H3. The highest BCUT2D eigenvalue weighted by molar-refractivity contribution is 5.92. The first-order valence-electron chi connectivity index (χ1n) is 5.43. The van der Waals surface area contributed by atoms with E-state index in [4.69, 9.17) is 10.00 Å². The van der Waals surface area contributed by atoms with Crippen molar-refractivity contribution >= 4 is 11.7 Å². The Morgan fingerprint density at radius 3 is 2.61 bits per heavy atom. The highest BCUT2D eigenvalue weighted by atomic mass is 16.6. The van der Waals surface area contributed by atoms with Crippen LogP contribution in [0.15, 0.2) is 12.1 Å². The number of rotatable bonds is 4. The van der Waals surface area contributed by atoms with E-state index in [1.54, 1.807) is 19.9 Å². The van der Waals surface area contributed by atoms with Crippen molar-refractivity contribution in [2.75, 3.05) is 6.61 Å². The summed E-state index contributed by atoms with van der Waals surface area (Å²) in [5, 5.41) is 19.7. The number of carbonyl (C=O) groups is 1. The average molecular weight is 248 g/mol. The van der Waals surface area contributed by atoms with Gasteiger partial charge in [0, 0.05) is 6.07 Å². The van der Waals surface area contributed by atoms with Crippen LogP contribution < -0.4 is 0 Å². The Morgan fingerprint density at radius 2 is 2.17 bits per heavy atom. The van der Waals surface area contributed by atoms with Gasteiger partial charge in [0.25, 0.3) is 5.69 Å². The number of ether oxygens (including phenoxy) is 1. The number of aryl methyl sites for hydroxylation is 1. The molecule has 94 valence electrons. The number of nitriles is 1. The Morgan fingerprint density at radius 1 is 1.50 bits per heavy atom. The van der Waals surface area contributed by atoms with Gasteiger partial charge in [0.1, 0.15) is 11.6 Å². The van der Waals surface area contributed by atoms with Gasteiger partial charge in [-0.15, -0.1) is 0 Å². The molecule has 0 aromatic heterocycles. The molecule has 0 unspecified atom stereocenters. The second-order valence-corrected chi connectivity index (χ2v) is 3.47. The predicted octanol–water partition coefficient (Wildman–Crippen LogP) is 2.21. The molecule has 0 fully saturated rings. The number of nitrogens with zero attached hydrogens (tertiary/aromatic N) is 2. The molecular weight excluding hydrogens is 236 g/mol. The van der Waals surface area contributed by atoms with Crippen LogP contribution >= 0.6 is 0 Å². The van der Waals surface area contributed by atoms with Gasteiger partial charge in [-0.2, -0.15) is 5.26 Å². The molecule has 0 N–H and O–H groups in total. The van der Waals surface area contributed by atoms with Gasteiger partial charge in [-0.3, -0.25) is 10.1 Å². The molecule has 0 aliphatic carbocycles. The predicted molar refractivity (Wildman–Crippen MR) is 63.1 cm³/mol. The summed E-state index contributed by atoms with van der Waals surface area (Å²) in [7, 11) is 0. The van der Waals surface area contributed by atoms with Crippen molar-refractivity contribution in [3.8, 4) is 6.07 Å². The summed E-state index contributed by atoms with van der Waals surface area (Å²) in [4.78, 5) is 21.8. The maximum atomic E-state index is 11.7. The van der Waals surface area contributed by atoms with E-state index in [2.05, 4.69) is 0 Å². The molecule has 6 nitrogen and oxygen atoms in total. The SMILES string of the molecule is CCOC(=O)c1cc([N+](=O)[O-])c(C#N)cc1CC. The Labute approximate surface area is 104 Å². The van der Waals surface area contributed by atoms with E-state index in [0.29, 0.717) is 12.0 Å². The van der Waals surface area contributed by atoms with E-state index in [1.165, 1.54) is 6.07 Å². The first-order chi connectivity index (χ1) is 8.54. The van der Waals surface area contributed by atoms with Crippen molar-refractivity contribution in [3.05, 3.63) is 38.9 Å². The molecule has 0 saturated heterocycles. The zero-order valence-corrected chi connectivity index (χ0v) is 10.1. The van der Waals surface area contributed by atoms with E-state index < -0.39 is 10.9 Å². The molecule has 0 aliphatic rings. The second kappa shape index (κ2) is 5.77. The zero-order valence-electron chi connectivity index (χ0n) is 10.1. The first kappa shape index (κ1) is 13.6. The molecule has 6 heteroatoms. The van der Waals surface area contributed by atoms with Gasteiger partial charge in [0.05, 0.1) is 17.1 Å². The summed E-state index contributed by atoms with van der Waals surface area (Å²) in [6, 6.07) is 4.23. The third kappa shape index (κ3) is 2.63. The maximum absolute atomic E-state index is 11.7. The van der Waals surface area contributed by atoms with Crippen LogP contribution in [0.2, 0.25) is 0 Å². The lowest BCUT2D eigenvalue weighted by molar-refractivity contribution is -0.385. The molecule has 0 saturated carbocycles. The van der Waals surface area contributed by atoms with Crippen LogP contribution in [0.25, 0.3) is 0 Å². The summed E-state index contributed by atoms with van der Waals surface area (Å²) >= 11 is 0. The van der Waals surface area contributed by atoms with Crippen LogP contribution in [-0.4, -0.2) is 17.5 Å². The first-order valence-corrected chi connectivity index (χ1v) is 5.43. The van der Waals surface area contributed by atoms with Gasteiger partial charge in [0.15, 0.2) is 0 Å². The second-order valence-electron chi connectivity index (χ2n) is 3.47. The smallest absolute Gasteiger partial charge is 0.338 e. The number of hydrogen-bond acceptors (Lipinski definition) is 5. The third-order valence-electron chi connectivity index (χ3n) is 2.41. The summed E-state index contributed by atoms with van der Waals surface area (Å²) in [6.07, 6.45) is 0.487. The van der Waals surface area contributed by atoms with Crippen LogP contribution in [0.5, 0.6) is 0 Å². The van der Waals surface area contributed by atoms with Crippen molar-refractivity contribution in [2.45, 2.75) is 20.3 Å². The van der Waals surface area contributed by atoms with Gasteiger partial charge in [-0.1, -0.05) is 6.92 Å². The molecule has 0 bridgehead atoms.